The smallest absolute Gasteiger partial charge is 0.261 e. The number of aryl methyl sites for hydroxylation is 1. The van der Waals surface area contributed by atoms with E-state index in [1.807, 2.05) is 33.7 Å². The molecule has 1 fully saturated rings. The van der Waals surface area contributed by atoms with Gasteiger partial charge in [0.25, 0.3) is 11.5 Å². The third-order valence-corrected chi connectivity index (χ3v) is 6.96. The third kappa shape index (κ3) is 4.59. The van der Waals surface area contributed by atoms with E-state index in [1.54, 1.807) is 18.2 Å². The summed E-state index contributed by atoms with van der Waals surface area (Å²) in [5, 5.41) is 9.54. The van der Waals surface area contributed by atoms with Gasteiger partial charge in [0.2, 0.25) is 0 Å². The number of aromatic nitrogens is 2. The molecule has 34 heavy (non-hydrogen) atoms. The van der Waals surface area contributed by atoms with Crippen LogP contribution in [0.3, 0.4) is 0 Å². The van der Waals surface area contributed by atoms with E-state index in [9.17, 15) is 9.59 Å². The maximum atomic E-state index is 13.2. The molecule has 0 atom stereocenters. The molecule has 174 valence electrons. The molecular formula is C27H29N5O2. The Labute approximate surface area is 199 Å². The molecule has 7 nitrogen and oxygen atoms in total. The van der Waals surface area contributed by atoms with E-state index in [2.05, 4.69) is 11.0 Å². The monoisotopic (exact) mass is 455 g/mol. The van der Waals surface area contributed by atoms with Gasteiger partial charge in [-0.05, 0) is 48.7 Å². The Bertz CT molecular complexity index is 1300. The fraction of sp³-hybridized carbons (Fsp3) is 0.407. The lowest BCUT2D eigenvalue weighted by atomic mass is 10.1. The number of carbonyl (C=O) groups excluding carboxylic acids is 1. The van der Waals surface area contributed by atoms with Gasteiger partial charge in [0.05, 0.1) is 22.5 Å². The number of hydrogen-bond acceptors (Lipinski definition) is 5. The highest BCUT2D eigenvalue weighted by atomic mass is 16.2. The molecule has 2 aliphatic heterocycles. The van der Waals surface area contributed by atoms with Gasteiger partial charge in [-0.25, -0.2) is 4.98 Å². The second-order valence-corrected chi connectivity index (χ2v) is 9.26. The number of nitrogens with zero attached hydrogens (tertiary/aromatic N) is 5. The summed E-state index contributed by atoms with van der Waals surface area (Å²) in [5.41, 5.74) is 3.06. The highest BCUT2D eigenvalue weighted by molar-refractivity contribution is 5.97. The van der Waals surface area contributed by atoms with Crippen LogP contribution < -0.4 is 5.56 Å². The molecule has 0 N–H and O–H groups in total. The number of benzene rings is 2. The fourth-order valence-electron chi connectivity index (χ4n) is 4.96. The first-order valence-electron chi connectivity index (χ1n) is 12.2. The van der Waals surface area contributed by atoms with Crippen LogP contribution in [0.25, 0.3) is 10.9 Å². The summed E-state index contributed by atoms with van der Waals surface area (Å²) in [6.07, 6.45) is 5.18. The van der Waals surface area contributed by atoms with Crippen molar-refractivity contribution in [1.82, 2.24) is 19.4 Å². The van der Waals surface area contributed by atoms with E-state index in [0.29, 0.717) is 35.1 Å². The molecule has 0 unspecified atom stereocenters. The molecule has 0 bridgehead atoms. The summed E-state index contributed by atoms with van der Waals surface area (Å²) in [6, 6.07) is 15.1. The standard InChI is InChI=1S/C27H29N5O2/c28-18-20-6-8-21(9-7-20)19-30-13-15-31(16-14-30)26(33)22-10-11-23-24(17-22)29-25-5-3-1-2-4-12-32(25)27(23)34/h6-11,17H,1-5,12-16,19H2. The van der Waals surface area contributed by atoms with Crippen LogP contribution in [0.4, 0.5) is 0 Å². The van der Waals surface area contributed by atoms with E-state index < -0.39 is 0 Å². The summed E-state index contributed by atoms with van der Waals surface area (Å²) < 4.78 is 1.83. The molecule has 5 rings (SSSR count). The Balaban J connectivity index is 1.28. The van der Waals surface area contributed by atoms with Crippen molar-refractivity contribution >= 4 is 16.8 Å². The van der Waals surface area contributed by atoms with Crippen molar-refractivity contribution in [2.75, 3.05) is 26.2 Å². The molecule has 3 aromatic rings. The van der Waals surface area contributed by atoms with Gasteiger partial charge >= 0.3 is 0 Å². The lowest BCUT2D eigenvalue weighted by Crippen LogP contribution is -2.48. The van der Waals surface area contributed by atoms with Crippen molar-refractivity contribution in [3.8, 4) is 6.07 Å². The number of nitriles is 1. The molecule has 1 amide bonds. The highest BCUT2D eigenvalue weighted by Gasteiger charge is 2.23. The van der Waals surface area contributed by atoms with Crippen LogP contribution >= 0.6 is 0 Å². The SMILES string of the molecule is N#Cc1ccc(CN2CCN(C(=O)c3ccc4c(=O)n5c(nc4c3)CCCCCC5)CC2)cc1. The topological polar surface area (TPSA) is 82.2 Å². The zero-order valence-electron chi connectivity index (χ0n) is 19.4. The molecule has 7 heteroatoms. The maximum Gasteiger partial charge on any atom is 0.261 e. The van der Waals surface area contributed by atoms with E-state index in [0.717, 1.165) is 57.7 Å². The number of hydrogen-bond donors (Lipinski definition) is 0. The molecule has 3 heterocycles. The quantitative estimate of drug-likeness (QED) is 0.605. The minimum atomic E-state index is -0.00596. The first-order valence-corrected chi connectivity index (χ1v) is 12.2. The molecular weight excluding hydrogens is 426 g/mol. The van der Waals surface area contributed by atoms with Crippen LogP contribution in [-0.2, 0) is 19.5 Å². The van der Waals surface area contributed by atoms with Crippen molar-refractivity contribution < 1.29 is 4.79 Å². The van der Waals surface area contributed by atoms with Gasteiger partial charge < -0.3 is 4.90 Å². The average Bonchev–Trinajstić information content (AvgIpc) is 2.85. The van der Waals surface area contributed by atoms with Crippen molar-refractivity contribution in [2.45, 2.75) is 45.2 Å². The van der Waals surface area contributed by atoms with Crippen molar-refractivity contribution in [1.29, 1.82) is 5.26 Å². The second kappa shape index (κ2) is 9.78. The summed E-state index contributed by atoms with van der Waals surface area (Å²) in [6.45, 7) is 4.45. The first kappa shape index (κ1) is 22.3. The van der Waals surface area contributed by atoms with Gasteiger partial charge in [0, 0.05) is 51.3 Å². The molecule has 1 aromatic heterocycles. The maximum absolute atomic E-state index is 13.2. The molecule has 0 aliphatic carbocycles. The van der Waals surface area contributed by atoms with Crippen molar-refractivity contribution in [3.05, 3.63) is 75.3 Å². The largest absolute Gasteiger partial charge is 0.336 e. The van der Waals surface area contributed by atoms with Gasteiger partial charge in [-0.2, -0.15) is 5.26 Å². The number of fused-ring (bicyclic) bond motifs is 2. The molecule has 0 saturated carbocycles. The van der Waals surface area contributed by atoms with E-state index >= 15 is 0 Å². The van der Waals surface area contributed by atoms with Gasteiger partial charge in [0.1, 0.15) is 5.82 Å². The lowest BCUT2D eigenvalue weighted by Gasteiger charge is -2.34. The third-order valence-electron chi connectivity index (χ3n) is 6.96. The Kier molecular flexibility index (Phi) is 6.41. The normalized spacial score (nSPS) is 17.0. The van der Waals surface area contributed by atoms with E-state index in [4.69, 9.17) is 10.2 Å². The van der Waals surface area contributed by atoms with Gasteiger partial charge in [-0.3, -0.25) is 19.1 Å². The van der Waals surface area contributed by atoms with E-state index in [1.165, 1.54) is 12.0 Å². The van der Waals surface area contributed by atoms with Crippen LogP contribution in [0.1, 0.15) is 53.0 Å². The number of piperazine rings is 1. The first-order chi connectivity index (χ1) is 16.6. The Morgan fingerprint density at radius 2 is 1.71 bits per heavy atom. The fourth-order valence-corrected chi connectivity index (χ4v) is 4.96. The summed E-state index contributed by atoms with van der Waals surface area (Å²) in [5.74, 6) is 0.840. The van der Waals surface area contributed by atoms with Crippen LogP contribution in [0, 0.1) is 11.3 Å². The van der Waals surface area contributed by atoms with Crippen LogP contribution in [0.5, 0.6) is 0 Å². The number of rotatable bonds is 3. The van der Waals surface area contributed by atoms with Gasteiger partial charge in [-0.1, -0.05) is 25.0 Å². The highest BCUT2D eigenvalue weighted by Crippen LogP contribution is 2.18. The lowest BCUT2D eigenvalue weighted by molar-refractivity contribution is 0.0628. The minimum Gasteiger partial charge on any atom is -0.336 e. The summed E-state index contributed by atoms with van der Waals surface area (Å²) in [4.78, 5) is 35.3. The molecule has 0 spiro atoms. The predicted octanol–water partition coefficient (Wildman–Crippen LogP) is 3.34. The summed E-state index contributed by atoms with van der Waals surface area (Å²) >= 11 is 0. The zero-order valence-corrected chi connectivity index (χ0v) is 19.4. The minimum absolute atomic E-state index is 0.00596. The van der Waals surface area contributed by atoms with E-state index in [-0.39, 0.29) is 11.5 Å². The van der Waals surface area contributed by atoms with Gasteiger partial charge in [0.15, 0.2) is 0 Å². The molecule has 0 radical (unpaired) electrons. The number of carbonyl (C=O) groups is 1. The molecule has 1 saturated heterocycles. The van der Waals surface area contributed by atoms with Gasteiger partial charge in [-0.15, -0.1) is 0 Å². The second-order valence-electron chi connectivity index (χ2n) is 9.26. The number of amides is 1. The Morgan fingerprint density at radius 1 is 0.941 bits per heavy atom. The van der Waals surface area contributed by atoms with Crippen molar-refractivity contribution in [2.24, 2.45) is 0 Å². The van der Waals surface area contributed by atoms with Crippen LogP contribution in [0.2, 0.25) is 0 Å². The van der Waals surface area contributed by atoms with Crippen LogP contribution in [0.15, 0.2) is 47.3 Å². The summed E-state index contributed by atoms with van der Waals surface area (Å²) in [7, 11) is 0. The predicted molar refractivity (Wildman–Crippen MR) is 131 cm³/mol. The zero-order chi connectivity index (χ0) is 23.5. The van der Waals surface area contributed by atoms with Crippen LogP contribution in [-0.4, -0.2) is 51.4 Å². The Hall–Kier alpha value is -3.50. The molecule has 2 aromatic carbocycles. The molecule has 2 aliphatic rings. The average molecular weight is 456 g/mol. The van der Waals surface area contributed by atoms with Crippen molar-refractivity contribution in [3.63, 3.8) is 0 Å². The Morgan fingerprint density at radius 3 is 2.47 bits per heavy atom.